The highest BCUT2D eigenvalue weighted by Gasteiger charge is 2.08. The summed E-state index contributed by atoms with van der Waals surface area (Å²) in [7, 11) is 0. The molecule has 0 atom stereocenters. The van der Waals surface area contributed by atoms with Crippen LogP contribution in [0, 0.1) is 0 Å². The van der Waals surface area contributed by atoms with Gasteiger partial charge in [0.2, 0.25) is 0 Å². The summed E-state index contributed by atoms with van der Waals surface area (Å²) in [4.78, 5) is 21.4. The van der Waals surface area contributed by atoms with Gasteiger partial charge in [0.1, 0.15) is 0 Å². The van der Waals surface area contributed by atoms with Crippen molar-refractivity contribution in [2.24, 2.45) is 0 Å². The summed E-state index contributed by atoms with van der Waals surface area (Å²) in [6, 6.07) is 5.48. The molecule has 78 valence electrons. The van der Waals surface area contributed by atoms with Crippen LogP contribution in [0.1, 0.15) is 10.4 Å². The molecule has 0 radical (unpaired) electrons. The Morgan fingerprint density at radius 2 is 2.07 bits per heavy atom. The minimum atomic E-state index is -1.13. The molecule has 4 nitrogen and oxygen atoms in total. The number of carbonyl (C=O) groups excluding carboxylic acids is 1. The summed E-state index contributed by atoms with van der Waals surface area (Å²) in [5.74, 6) is -3.24. The molecule has 1 aromatic rings. The zero-order valence-electron chi connectivity index (χ0n) is 7.66. The Morgan fingerprint density at radius 3 is 2.60 bits per heavy atom. The number of nitrogens with one attached hydrogen (secondary N) is 1. The highest BCUT2D eigenvalue weighted by Crippen LogP contribution is 2.11. The minimum absolute atomic E-state index is 0.0114. The fourth-order valence-electron chi connectivity index (χ4n) is 0.929. The van der Waals surface area contributed by atoms with Crippen LogP contribution in [0.3, 0.4) is 0 Å². The van der Waals surface area contributed by atoms with Crippen LogP contribution in [0.4, 0.5) is 10.1 Å². The SMILES string of the molecule is C=C(F)C(=O)Nc1cccc(C(=O)O)c1. The molecule has 0 spiro atoms. The maximum Gasteiger partial charge on any atom is 0.335 e. The van der Waals surface area contributed by atoms with Crippen LogP contribution in [0.2, 0.25) is 0 Å². The smallest absolute Gasteiger partial charge is 0.335 e. The van der Waals surface area contributed by atoms with Crippen molar-refractivity contribution < 1.29 is 19.1 Å². The molecule has 0 saturated carbocycles. The number of carboxylic acid groups (broad SMARTS) is 1. The zero-order valence-corrected chi connectivity index (χ0v) is 7.66. The standard InChI is InChI=1S/C10H8FNO3/c1-6(11)9(13)12-8-4-2-3-7(5-8)10(14)15/h2-5H,1H2,(H,12,13)(H,14,15). The molecule has 0 aliphatic heterocycles. The predicted octanol–water partition coefficient (Wildman–Crippen LogP) is 1.81. The maximum atomic E-state index is 12.3. The first-order valence-corrected chi connectivity index (χ1v) is 4.00. The Labute approximate surface area is 85.0 Å². The van der Waals surface area contributed by atoms with Gasteiger partial charge in [-0.25, -0.2) is 9.18 Å². The van der Waals surface area contributed by atoms with Crippen molar-refractivity contribution in [1.29, 1.82) is 0 Å². The first-order valence-electron chi connectivity index (χ1n) is 4.00. The van der Waals surface area contributed by atoms with Gasteiger partial charge in [-0.3, -0.25) is 4.79 Å². The molecule has 0 aliphatic rings. The van der Waals surface area contributed by atoms with Crippen LogP contribution in [0.25, 0.3) is 0 Å². The summed E-state index contributed by atoms with van der Waals surface area (Å²) in [5.41, 5.74) is 0.218. The molecule has 0 aromatic heterocycles. The number of halogens is 1. The largest absolute Gasteiger partial charge is 0.478 e. The topological polar surface area (TPSA) is 66.4 Å². The van der Waals surface area contributed by atoms with Gasteiger partial charge in [-0.05, 0) is 18.2 Å². The lowest BCUT2D eigenvalue weighted by atomic mass is 10.2. The van der Waals surface area contributed by atoms with Gasteiger partial charge in [0.15, 0.2) is 5.83 Å². The Bertz CT molecular complexity index is 428. The lowest BCUT2D eigenvalue weighted by Crippen LogP contribution is -2.11. The molecule has 15 heavy (non-hydrogen) atoms. The Hall–Kier alpha value is -2.17. The van der Waals surface area contributed by atoms with Crippen molar-refractivity contribution in [3.63, 3.8) is 0 Å². The van der Waals surface area contributed by atoms with E-state index in [2.05, 4.69) is 11.9 Å². The van der Waals surface area contributed by atoms with E-state index in [0.29, 0.717) is 0 Å². The molecule has 0 bridgehead atoms. The second-order valence-electron chi connectivity index (χ2n) is 2.74. The summed E-state index contributed by atoms with van der Waals surface area (Å²) in [6.45, 7) is 2.81. The fourth-order valence-corrected chi connectivity index (χ4v) is 0.929. The first kappa shape index (κ1) is 10.9. The molecular weight excluding hydrogens is 201 g/mol. The van der Waals surface area contributed by atoms with Crippen LogP contribution < -0.4 is 5.32 Å². The highest BCUT2D eigenvalue weighted by molar-refractivity contribution is 6.02. The van der Waals surface area contributed by atoms with Crippen LogP contribution in [-0.2, 0) is 4.79 Å². The molecule has 2 N–H and O–H groups in total. The summed E-state index contributed by atoms with van der Waals surface area (Å²) >= 11 is 0. The van der Waals surface area contributed by atoms with Crippen molar-refractivity contribution in [2.45, 2.75) is 0 Å². The van der Waals surface area contributed by atoms with Crippen molar-refractivity contribution in [2.75, 3.05) is 5.32 Å². The van der Waals surface area contributed by atoms with E-state index in [9.17, 15) is 14.0 Å². The van der Waals surface area contributed by atoms with Gasteiger partial charge in [-0.1, -0.05) is 12.6 Å². The van der Waals surface area contributed by atoms with Gasteiger partial charge in [0.05, 0.1) is 5.56 Å². The van der Waals surface area contributed by atoms with E-state index in [1.807, 2.05) is 0 Å². The fraction of sp³-hybridized carbons (Fsp3) is 0. The van der Waals surface area contributed by atoms with E-state index in [1.165, 1.54) is 24.3 Å². The number of hydrogen-bond acceptors (Lipinski definition) is 2. The molecule has 0 unspecified atom stereocenters. The van der Waals surface area contributed by atoms with Gasteiger partial charge in [0, 0.05) is 5.69 Å². The minimum Gasteiger partial charge on any atom is -0.478 e. The van der Waals surface area contributed by atoms with Gasteiger partial charge in [-0.2, -0.15) is 0 Å². The number of amides is 1. The molecule has 0 saturated heterocycles. The summed E-state index contributed by atoms with van der Waals surface area (Å²) in [5, 5.41) is 10.8. The normalized spacial score (nSPS) is 9.40. The quantitative estimate of drug-likeness (QED) is 0.746. The molecule has 0 heterocycles. The number of anilines is 1. The van der Waals surface area contributed by atoms with E-state index in [0.717, 1.165) is 0 Å². The average Bonchev–Trinajstić information content (AvgIpc) is 2.18. The first-order chi connectivity index (χ1) is 7.00. The zero-order chi connectivity index (χ0) is 11.4. The van der Waals surface area contributed by atoms with Crippen LogP contribution in [0.15, 0.2) is 36.7 Å². The second-order valence-corrected chi connectivity index (χ2v) is 2.74. The van der Waals surface area contributed by atoms with Gasteiger partial charge in [-0.15, -0.1) is 0 Å². The molecule has 0 fully saturated rings. The lowest BCUT2D eigenvalue weighted by Gasteiger charge is -2.03. The Balaban J connectivity index is 2.87. The Kier molecular flexibility index (Phi) is 3.17. The molecule has 1 amide bonds. The van der Waals surface area contributed by atoms with E-state index in [1.54, 1.807) is 0 Å². The molecule has 1 rings (SSSR count). The summed E-state index contributed by atoms with van der Waals surface area (Å²) < 4.78 is 12.3. The third-order valence-electron chi connectivity index (χ3n) is 1.61. The Morgan fingerprint density at radius 1 is 1.40 bits per heavy atom. The number of carboxylic acids is 1. The number of hydrogen-bond donors (Lipinski definition) is 2. The monoisotopic (exact) mass is 209 g/mol. The maximum absolute atomic E-state index is 12.3. The molecule has 1 aromatic carbocycles. The molecule has 5 heteroatoms. The van der Waals surface area contributed by atoms with Crippen molar-refractivity contribution in [1.82, 2.24) is 0 Å². The van der Waals surface area contributed by atoms with Crippen molar-refractivity contribution in [3.05, 3.63) is 42.2 Å². The third-order valence-corrected chi connectivity index (χ3v) is 1.61. The average molecular weight is 209 g/mol. The number of aromatic carboxylic acids is 1. The predicted molar refractivity (Wildman–Crippen MR) is 52.3 cm³/mol. The van der Waals surface area contributed by atoms with Crippen LogP contribution in [-0.4, -0.2) is 17.0 Å². The van der Waals surface area contributed by atoms with E-state index in [4.69, 9.17) is 5.11 Å². The third kappa shape index (κ3) is 2.91. The van der Waals surface area contributed by atoms with Crippen molar-refractivity contribution >= 4 is 17.6 Å². The second kappa shape index (κ2) is 4.36. The highest BCUT2D eigenvalue weighted by atomic mass is 19.1. The molecule has 0 aliphatic carbocycles. The van der Waals surface area contributed by atoms with E-state index < -0.39 is 17.7 Å². The van der Waals surface area contributed by atoms with Crippen molar-refractivity contribution in [3.8, 4) is 0 Å². The van der Waals surface area contributed by atoms with Crippen LogP contribution >= 0.6 is 0 Å². The van der Waals surface area contributed by atoms with Gasteiger partial charge in [0.25, 0.3) is 5.91 Å². The van der Waals surface area contributed by atoms with Crippen LogP contribution in [0.5, 0.6) is 0 Å². The lowest BCUT2D eigenvalue weighted by molar-refractivity contribution is -0.114. The van der Waals surface area contributed by atoms with E-state index in [-0.39, 0.29) is 11.3 Å². The number of benzene rings is 1. The van der Waals surface area contributed by atoms with Gasteiger partial charge < -0.3 is 10.4 Å². The number of carbonyl (C=O) groups is 2. The summed E-state index contributed by atoms with van der Waals surface area (Å²) in [6.07, 6.45) is 0. The van der Waals surface area contributed by atoms with Gasteiger partial charge >= 0.3 is 5.97 Å². The van der Waals surface area contributed by atoms with E-state index >= 15 is 0 Å². The molecular formula is C10H8FNO3. The number of rotatable bonds is 3.